The smallest absolute Gasteiger partial charge is 0.150 e. The van der Waals surface area contributed by atoms with Gasteiger partial charge in [0.25, 0.3) is 0 Å². The number of hydrogen-bond acceptors (Lipinski definition) is 4. The third-order valence-electron chi connectivity index (χ3n) is 4.11. The number of halogens is 1. The first-order valence-electron chi connectivity index (χ1n) is 8.29. The number of unbranched alkanes of at least 4 members (excludes halogenated alkanes) is 1. The van der Waals surface area contributed by atoms with Crippen LogP contribution < -0.4 is 11.1 Å². The Balaban J connectivity index is 0.00000225. The summed E-state index contributed by atoms with van der Waals surface area (Å²) in [5.41, 5.74) is 9.35. The predicted molar refractivity (Wildman–Crippen MR) is 103 cm³/mol. The van der Waals surface area contributed by atoms with E-state index in [0.717, 1.165) is 47.3 Å². The van der Waals surface area contributed by atoms with Crippen molar-refractivity contribution in [3.8, 4) is 0 Å². The second kappa shape index (κ2) is 9.25. The summed E-state index contributed by atoms with van der Waals surface area (Å²) in [5.74, 6) is 0.798. The van der Waals surface area contributed by atoms with Crippen molar-refractivity contribution in [1.82, 2.24) is 5.32 Å². The molecule has 1 heterocycles. The molecule has 1 aliphatic heterocycles. The number of rotatable bonds is 7. The molecule has 0 saturated heterocycles. The van der Waals surface area contributed by atoms with Gasteiger partial charge in [0.2, 0.25) is 0 Å². The Hall–Kier alpha value is -2.30. The molecule has 0 saturated carbocycles. The Bertz CT molecular complexity index is 731. The summed E-state index contributed by atoms with van der Waals surface area (Å²) >= 11 is 0. The lowest BCUT2D eigenvalue weighted by atomic mass is 9.93. The maximum Gasteiger partial charge on any atom is 0.150 e. The van der Waals surface area contributed by atoms with Crippen molar-refractivity contribution < 1.29 is 9.53 Å². The van der Waals surface area contributed by atoms with E-state index in [-0.39, 0.29) is 18.4 Å². The van der Waals surface area contributed by atoms with Gasteiger partial charge in [-0.3, -0.25) is 0 Å². The van der Waals surface area contributed by atoms with Gasteiger partial charge >= 0.3 is 0 Å². The molecule has 0 aliphatic carbocycles. The van der Waals surface area contributed by atoms with E-state index in [0.29, 0.717) is 13.2 Å². The summed E-state index contributed by atoms with van der Waals surface area (Å²) in [6.45, 7) is 1.26. The molecule has 25 heavy (non-hydrogen) atoms. The van der Waals surface area contributed by atoms with Gasteiger partial charge in [0.1, 0.15) is 12.3 Å². The Morgan fingerprint density at radius 3 is 2.48 bits per heavy atom. The SMILES string of the molecule is Cl.NCCCCOC1=C(c2ccccc2)NC(C=O)c2ccccc21. The second-order valence-corrected chi connectivity index (χ2v) is 5.76. The first kappa shape index (κ1) is 19.0. The fourth-order valence-electron chi connectivity index (χ4n) is 2.91. The van der Waals surface area contributed by atoms with Gasteiger partial charge in [-0.25, -0.2) is 0 Å². The lowest BCUT2D eigenvalue weighted by molar-refractivity contribution is -0.109. The Morgan fingerprint density at radius 2 is 1.76 bits per heavy atom. The zero-order chi connectivity index (χ0) is 16.8. The van der Waals surface area contributed by atoms with Crippen molar-refractivity contribution in [2.24, 2.45) is 5.73 Å². The summed E-state index contributed by atoms with van der Waals surface area (Å²) in [5, 5.41) is 3.33. The minimum atomic E-state index is -0.368. The number of aldehydes is 1. The highest BCUT2D eigenvalue weighted by atomic mass is 35.5. The molecule has 5 heteroatoms. The molecule has 1 aliphatic rings. The third-order valence-corrected chi connectivity index (χ3v) is 4.11. The van der Waals surface area contributed by atoms with E-state index in [1.807, 2.05) is 54.6 Å². The van der Waals surface area contributed by atoms with Gasteiger partial charge in [-0.05, 0) is 24.9 Å². The van der Waals surface area contributed by atoms with Crippen molar-refractivity contribution in [2.45, 2.75) is 18.9 Å². The molecule has 0 fully saturated rings. The van der Waals surface area contributed by atoms with E-state index in [1.165, 1.54) is 0 Å². The summed E-state index contributed by atoms with van der Waals surface area (Å²) in [6.07, 6.45) is 2.77. The summed E-state index contributed by atoms with van der Waals surface area (Å²) < 4.78 is 6.12. The maximum absolute atomic E-state index is 11.6. The number of carbonyl (C=O) groups excluding carboxylic acids is 1. The fourth-order valence-corrected chi connectivity index (χ4v) is 2.91. The van der Waals surface area contributed by atoms with Gasteiger partial charge in [0.05, 0.1) is 12.3 Å². The minimum absolute atomic E-state index is 0. The molecule has 132 valence electrons. The van der Waals surface area contributed by atoms with E-state index in [2.05, 4.69) is 5.32 Å². The van der Waals surface area contributed by atoms with Crippen LogP contribution >= 0.6 is 12.4 Å². The molecular formula is C20H23ClN2O2. The van der Waals surface area contributed by atoms with Gasteiger partial charge in [-0.2, -0.15) is 0 Å². The average Bonchev–Trinajstić information content (AvgIpc) is 2.65. The van der Waals surface area contributed by atoms with Gasteiger partial charge < -0.3 is 20.6 Å². The third kappa shape index (κ3) is 4.21. The van der Waals surface area contributed by atoms with Gasteiger partial charge in [0.15, 0.2) is 5.76 Å². The molecule has 0 amide bonds. The number of ether oxygens (including phenoxy) is 1. The Morgan fingerprint density at radius 1 is 1.04 bits per heavy atom. The molecule has 1 unspecified atom stereocenters. The molecule has 1 atom stereocenters. The van der Waals surface area contributed by atoms with Crippen LogP contribution in [0.4, 0.5) is 0 Å². The number of hydrogen-bond donors (Lipinski definition) is 2. The molecule has 3 N–H and O–H groups in total. The topological polar surface area (TPSA) is 64.3 Å². The van der Waals surface area contributed by atoms with Crippen LogP contribution in [-0.4, -0.2) is 19.4 Å². The van der Waals surface area contributed by atoms with Gasteiger partial charge in [-0.15, -0.1) is 12.4 Å². The second-order valence-electron chi connectivity index (χ2n) is 5.76. The molecule has 2 aromatic rings. The summed E-state index contributed by atoms with van der Waals surface area (Å²) in [7, 11) is 0. The molecule has 3 rings (SSSR count). The van der Waals surface area contributed by atoms with Crippen LogP contribution in [0.1, 0.15) is 35.6 Å². The minimum Gasteiger partial charge on any atom is -0.491 e. The van der Waals surface area contributed by atoms with Crippen molar-refractivity contribution in [3.05, 3.63) is 71.3 Å². The molecule has 0 radical (unpaired) electrons. The first-order valence-corrected chi connectivity index (χ1v) is 8.29. The van der Waals surface area contributed by atoms with Crippen LogP contribution in [0, 0.1) is 0 Å². The number of nitrogens with one attached hydrogen (secondary N) is 1. The van der Waals surface area contributed by atoms with E-state index in [9.17, 15) is 4.79 Å². The van der Waals surface area contributed by atoms with Crippen molar-refractivity contribution in [1.29, 1.82) is 0 Å². The average molecular weight is 359 g/mol. The number of carbonyl (C=O) groups is 1. The fraction of sp³-hybridized carbons (Fsp3) is 0.250. The molecule has 0 aromatic heterocycles. The Kier molecular flexibility index (Phi) is 7.04. The highest BCUT2D eigenvalue weighted by Crippen LogP contribution is 2.36. The van der Waals surface area contributed by atoms with Crippen LogP contribution in [0.15, 0.2) is 54.6 Å². The monoisotopic (exact) mass is 358 g/mol. The molecule has 2 aromatic carbocycles. The summed E-state index contributed by atoms with van der Waals surface area (Å²) in [4.78, 5) is 11.6. The zero-order valence-electron chi connectivity index (χ0n) is 14.0. The molecular weight excluding hydrogens is 336 g/mol. The van der Waals surface area contributed by atoms with Crippen LogP contribution in [-0.2, 0) is 9.53 Å². The molecule has 0 bridgehead atoms. The van der Waals surface area contributed by atoms with Crippen molar-refractivity contribution in [2.75, 3.05) is 13.2 Å². The highest BCUT2D eigenvalue weighted by Gasteiger charge is 2.27. The van der Waals surface area contributed by atoms with Crippen LogP contribution in [0.25, 0.3) is 11.5 Å². The van der Waals surface area contributed by atoms with Gasteiger partial charge in [0, 0.05) is 11.1 Å². The maximum atomic E-state index is 11.6. The molecule has 0 spiro atoms. The summed E-state index contributed by atoms with van der Waals surface area (Å²) in [6, 6.07) is 17.5. The van der Waals surface area contributed by atoms with Crippen LogP contribution in [0.5, 0.6) is 0 Å². The van der Waals surface area contributed by atoms with E-state index in [4.69, 9.17) is 10.5 Å². The highest BCUT2D eigenvalue weighted by molar-refractivity contribution is 5.92. The van der Waals surface area contributed by atoms with Crippen LogP contribution in [0.2, 0.25) is 0 Å². The predicted octanol–water partition coefficient (Wildman–Crippen LogP) is 3.53. The lowest BCUT2D eigenvalue weighted by Gasteiger charge is -2.29. The zero-order valence-corrected chi connectivity index (χ0v) is 14.8. The number of nitrogens with two attached hydrogens (primary N) is 1. The first-order chi connectivity index (χ1) is 11.8. The largest absolute Gasteiger partial charge is 0.491 e. The van der Waals surface area contributed by atoms with E-state index < -0.39 is 0 Å². The quantitative estimate of drug-likeness (QED) is 0.587. The Labute approximate surface area is 154 Å². The standard InChI is InChI=1S/C20H22N2O2.ClH/c21-12-6-7-13-24-20-17-11-5-4-10-16(17)18(14-23)22-19(20)15-8-2-1-3-9-15;/h1-5,8-11,14,18,22H,6-7,12-13,21H2;1H. The van der Waals surface area contributed by atoms with Gasteiger partial charge in [-0.1, -0.05) is 54.6 Å². The van der Waals surface area contributed by atoms with E-state index >= 15 is 0 Å². The van der Waals surface area contributed by atoms with Crippen molar-refractivity contribution >= 4 is 30.1 Å². The van der Waals surface area contributed by atoms with Crippen molar-refractivity contribution in [3.63, 3.8) is 0 Å². The number of benzene rings is 2. The molecule has 4 nitrogen and oxygen atoms in total. The number of fused-ring (bicyclic) bond motifs is 1. The van der Waals surface area contributed by atoms with E-state index in [1.54, 1.807) is 0 Å². The van der Waals surface area contributed by atoms with Crippen LogP contribution in [0.3, 0.4) is 0 Å². The normalized spacial score (nSPS) is 15.6. The lowest BCUT2D eigenvalue weighted by Crippen LogP contribution is -2.28.